The predicted octanol–water partition coefficient (Wildman–Crippen LogP) is 4.93. The van der Waals surface area contributed by atoms with E-state index in [9.17, 15) is 0 Å². The molecule has 1 rings (SSSR count). The number of nitrogens with two attached hydrogens (primary N) is 1. The molecule has 0 amide bonds. The van der Waals surface area contributed by atoms with E-state index in [2.05, 4.69) is 47.1 Å². The fourth-order valence-electron chi connectivity index (χ4n) is 2.31. The van der Waals surface area contributed by atoms with E-state index >= 15 is 0 Å². The Labute approximate surface area is 120 Å². The van der Waals surface area contributed by atoms with Crippen molar-refractivity contribution in [3.63, 3.8) is 0 Å². The zero-order valence-electron chi connectivity index (χ0n) is 11.5. The zero-order valence-corrected chi connectivity index (χ0v) is 13.1. The number of unbranched alkanes of at least 4 members (excludes halogenated alkanes) is 4. The summed E-state index contributed by atoms with van der Waals surface area (Å²) in [7, 11) is 0. The van der Waals surface area contributed by atoms with Crippen molar-refractivity contribution < 1.29 is 0 Å². The first-order valence-electron chi connectivity index (χ1n) is 7.21. The molecule has 0 spiro atoms. The van der Waals surface area contributed by atoms with E-state index in [1.54, 1.807) is 0 Å². The van der Waals surface area contributed by atoms with E-state index in [0.29, 0.717) is 5.92 Å². The molecule has 102 valence electrons. The minimum atomic E-state index is 0.630. The number of benzene rings is 1. The predicted molar refractivity (Wildman–Crippen MR) is 83.8 cm³/mol. The molecule has 0 saturated carbocycles. The Morgan fingerprint density at radius 2 is 1.83 bits per heavy atom. The molecule has 0 aliphatic carbocycles. The highest BCUT2D eigenvalue weighted by Crippen LogP contribution is 2.22. The summed E-state index contributed by atoms with van der Waals surface area (Å²) in [4.78, 5) is 0. The van der Waals surface area contributed by atoms with Crippen molar-refractivity contribution in [2.75, 3.05) is 6.54 Å². The Morgan fingerprint density at radius 3 is 2.50 bits per heavy atom. The fourth-order valence-corrected chi connectivity index (χ4v) is 2.76. The second-order valence-electron chi connectivity index (χ2n) is 5.10. The van der Waals surface area contributed by atoms with Crippen molar-refractivity contribution in [2.24, 2.45) is 11.7 Å². The first kappa shape index (κ1) is 15.7. The van der Waals surface area contributed by atoms with Crippen LogP contribution in [0.5, 0.6) is 0 Å². The monoisotopic (exact) mass is 311 g/mol. The van der Waals surface area contributed by atoms with E-state index in [0.717, 1.165) is 13.0 Å². The third-order valence-corrected chi connectivity index (χ3v) is 4.29. The van der Waals surface area contributed by atoms with Gasteiger partial charge in [0.15, 0.2) is 0 Å². The molecule has 2 N–H and O–H groups in total. The zero-order chi connectivity index (χ0) is 13.2. The van der Waals surface area contributed by atoms with E-state index < -0.39 is 0 Å². The van der Waals surface area contributed by atoms with Crippen LogP contribution >= 0.6 is 15.9 Å². The Kier molecular flexibility index (Phi) is 8.36. The van der Waals surface area contributed by atoms with E-state index in [1.165, 1.54) is 48.6 Å². The molecule has 0 bridgehead atoms. The summed E-state index contributed by atoms with van der Waals surface area (Å²) < 4.78 is 1.22. The fraction of sp³-hybridized carbons (Fsp3) is 0.625. The standard InChI is InChI=1S/C16H26BrN/c1-2-3-4-5-6-9-14(13-18)12-15-10-7-8-11-16(15)17/h7-8,10-11,14H,2-6,9,12-13,18H2,1H3. The Morgan fingerprint density at radius 1 is 1.11 bits per heavy atom. The van der Waals surface area contributed by atoms with Gasteiger partial charge in [-0.05, 0) is 36.9 Å². The molecule has 0 radical (unpaired) electrons. The Balaban J connectivity index is 2.31. The van der Waals surface area contributed by atoms with Crippen LogP contribution in [0.4, 0.5) is 0 Å². The van der Waals surface area contributed by atoms with Gasteiger partial charge in [0.05, 0.1) is 0 Å². The number of hydrogen-bond donors (Lipinski definition) is 1. The van der Waals surface area contributed by atoms with Crippen LogP contribution in [0.25, 0.3) is 0 Å². The van der Waals surface area contributed by atoms with Crippen LogP contribution < -0.4 is 5.73 Å². The first-order chi connectivity index (χ1) is 8.77. The van der Waals surface area contributed by atoms with Crippen molar-refractivity contribution >= 4 is 15.9 Å². The summed E-state index contributed by atoms with van der Waals surface area (Å²) in [6.45, 7) is 3.06. The Hall–Kier alpha value is -0.340. The van der Waals surface area contributed by atoms with Gasteiger partial charge >= 0.3 is 0 Å². The van der Waals surface area contributed by atoms with Gasteiger partial charge in [0.25, 0.3) is 0 Å². The summed E-state index contributed by atoms with van der Waals surface area (Å²) in [5, 5.41) is 0. The van der Waals surface area contributed by atoms with Crippen molar-refractivity contribution in [1.82, 2.24) is 0 Å². The quantitative estimate of drug-likeness (QED) is 0.643. The minimum absolute atomic E-state index is 0.630. The lowest BCUT2D eigenvalue weighted by Gasteiger charge is -2.15. The molecular weight excluding hydrogens is 286 g/mol. The van der Waals surface area contributed by atoms with Crippen LogP contribution in [-0.4, -0.2) is 6.54 Å². The minimum Gasteiger partial charge on any atom is -0.330 e. The molecule has 0 heterocycles. The van der Waals surface area contributed by atoms with Gasteiger partial charge in [-0.15, -0.1) is 0 Å². The number of rotatable bonds is 9. The highest BCUT2D eigenvalue weighted by atomic mass is 79.9. The van der Waals surface area contributed by atoms with E-state index in [1.807, 2.05) is 0 Å². The first-order valence-corrected chi connectivity index (χ1v) is 8.00. The molecule has 1 aromatic rings. The number of hydrogen-bond acceptors (Lipinski definition) is 1. The van der Waals surface area contributed by atoms with Crippen LogP contribution in [-0.2, 0) is 6.42 Å². The molecule has 0 saturated heterocycles. The molecule has 18 heavy (non-hydrogen) atoms. The summed E-state index contributed by atoms with van der Waals surface area (Å²) in [5.41, 5.74) is 7.29. The molecule has 0 aliphatic rings. The maximum absolute atomic E-state index is 5.90. The van der Waals surface area contributed by atoms with Gasteiger partial charge < -0.3 is 5.73 Å². The summed E-state index contributed by atoms with van der Waals surface area (Å²) in [5.74, 6) is 0.630. The lowest BCUT2D eigenvalue weighted by Crippen LogP contribution is -2.17. The maximum Gasteiger partial charge on any atom is 0.0207 e. The molecule has 0 aromatic heterocycles. The van der Waals surface area contributed by atoms with Crippen molar-refractivity contribution in [3.05, 3.63) is 34.3 Å². The summed E-state index contributed by atoms with van der Waals surface area (Å²) in [6.07, 6.45) is 9.12. The van der Waals surface area contributed by atoms with Crippen LogP contribution in [0.2, 0.25) is 0 Å². The van der Waals surface area contributed by atoms with Gasteiger partial charge in [0, 0.05) is 4.47 Å². The summed E-state index contributed by atoms with van der Waals surface area (Å²) >= 11 is 3.62. The average Bonchev–Trinajstić information content (AvgIpc) is 2.39. The lowest BCUT2D eigenvalue weighted by atomic mass is 9.93. The van der Waals surface area contributed by atoms with Gasteiger partial charge in [-0.25, -0.2) is 0 Å². The van der Waals surface area contributed by atoms with Crippen molar-refractivity contribution in [1.29, 1.82) is 0 Å². The van der Waals surface area contributed by atoms with Crippen molar-refractivity contribution in [2.45, 2.75) is 51.9 Å². The Bertz CT molecular complexity index is 325. The molecule has 1 atom stereocenters. The van der Waals surface area contributed by atoms with Crippen molar-refractivity contribution in [3.8, 4) is 0 Å². The van der Waals surface area contributed by atoms with Crippen LogP contribution in [0.15, 0.2) is 28.7 Å². The molecule has 1 nitrogen and oxygen atoms in total. The largest absolute Gasteiger partial charge is 0.330 e. The second kappa shape index (κ2) is 9.57. The van der Waals surface area contributed by atoms with E-state index in [-0.39, 0.29) is 0 Å². The van der Waals surface area contributed by atoms with Gasteiger partial charge in [0.2, 0.25) is 0 Å². The highest BCUT2D eigenvalue weighted by molar-refractivity contribution is 9.10. The third-order valence-electron chi connectivity index (χ3n) is 3.52. The topological polar surface area (TPSA) is 26.0 Å². The van der Waals surface area contributed by atoms with Gasteiger partial charge in [-0.3, -0.25) is 0 Å². The lowest BCUT2D eigenvalue weighted by molar-refractivity contribution is 0.457. The molecule has 0 fully saturated rings. The molecule has 1 aromatic carbocycles. The van der Waals surface area contributed by atoms with Crippen LogP contribution in [0.1, 0.15) is 51.0 Å². The third kappa shape index (κ3) is 6.01. The molecule has 2 heteroatoms. The molecule has 1 unspecified atom stereocenters. The average molecular weight is 312 g/mol. The molecular formula is C16H26BrN. The van der Waals surface area contributed by atoms with Gasteiger partial charge in [-0.1, -0.05) is 73.2 Å². The normalized spacial score (nSPS) is 12.6. The summed E-state index contributed by atoms with van der Waals surface area (Å²) in [6, 6.07) is 8.48. The van der Waals surface area contributed by atoms with E-state index in [4.69, 9.17) is 5.73 Å². The molecule has 0 aliphatic heterocycles. The smallest absolute Gasteiger partial charge is 0.0207 e. The van der Waals surface area contributed by atoms with Gasteiger partial charge in [-0.2, -0.15) is 0 Å². The second-order valence-corrected chi connectivity index (χ2v) is 5.95. The van der Waals surface area contributed by atoms with Gasteiger partial charge in [0.1, 0.15) is 0 Å². The number of halogens is 1. The van der Waals surface area contributed by atoms with Crippen LogP contribution in [0.3, 0.4) is 0 Å². The highest BCUT2D eigenvalue weighted by Gasteiger charge is 2.09. The van der Waals surface area contributed by atoms with Crippen LogP contribution in [0, 0.1) is 5.92 Å². The SMILES string of the molecule is CCCCCCCC(CN)Cc1ccccc1Br. The maximum atomic E-state index is 5.90.